The highest BCUT2D eigenvalue weighted by Gasteiger charge is 2.28. The van der Waals surface area contributed by atoms with Gasteiger partial charge in [0.05, 0.1) is 5.69 Å². The first-order chi connectivity index (χ1) is 11.1. The Morgan fingerprint density at radius 3 is 2.39 bits per heavy atom. The van der Waals surface area contributed by atoms with Gasteiger partial charge in [0, 0.05) is 27.7 Å². The fraction of sp³-hybridized carbons (Fsp3) is 0. The van der Waals surface area contributed by atoms with Gasteiger partial charge in [-0.1, -0.05) is 30.3 Å². The minimum atomic E-state index is -1.36. The summed E-state index contributed by atoms with van der Waals surface area (Å²) < 4.78 is 0. The van der Waals surface area contributed by atoms with E-state index < -0.39 is 17.6 Å². The Labute approximate surface area is 130 Å². The van der Waals surface area contributed by atoms with Gasteiger partial charge in [-0.05, 0) is 12.1 Å². The molecule has 2 aromatic carbocycles. The van der Waals surface area contributed by atoms with E-state index in [2.05, 4.69) is 10.3 Å². The maximum absolute atomic E-state index is 11.6. The molecule has 0 saturated heterocycles. The summed E-state index contributed by atoms with van der Waals surface area (Å²) in [5, 5.41) is 23.1. The van der Waals surface area contributed by atoms with Crippen LogP contribution in [-0.2, 0) is 0 Å². The van der Waals surface area contributed by atoms with Crippen LogP contribution in [0, 0.1) is 0 Å². The van der Waals surface area contributed by atoms with E-state index in [0.29, 0.717) is 22.2 Å². The van der Waals surface area contributed by atoms with E-state index in [4.69, 9.17) is 0 Å². The first-order valence-electron chi connectivity index (χ1n) is 6.87. The summed E-state index contributed by atoms with van der Waals surface area (Å²) in [7, 11) is 0. The topological polar surface area (TPSA) is 99.5 Å². The van der Waals surface area contributed by atoms with Gasteiger partial charge in [-0.15, -0.1) is 0 Å². The number of fused-ring (bicyclic) bond motifs is 2. The van der Waals surface area contributed by atoms with Crippen LogP contribution in [0.5, 0.6) is 0 Å². The number of aromatic nitrogens is 1. The molecule has 0 atom stereocenters. The number of nitrogens with zero attached hydrogens (tertiary/aromatic N) is 1. The fourth-order valence-corrected chi connectivity index (χ4v) is 2.98. The number of benzene rings is 2. The lowest BCUT2D eigenvalue weighted by atomic mass is 9.93. The molecule has 0 amide bonds. The zero-order chi connectivity index (χ0) is 16.1. The molecule has 3 aromatic rings. The Hall–Kier alpha value is -3.41. The lowest BCUT2D eigenvalue weighted by Crippen LogP contribution is -2.14. The molecule has 3 N–H and O–H groups in total. The van der Waals surface area contributed by atoms with Gasteiger partial charge >= 0.3 is 11.9 Å². The van der Waals surface area contributed by atoms with Gasteiger partial charge in [-0.25, -0.2) is 14.6 Å². The van der Waals surface area contributed by atoms with Gasteiger partial charge < -0.3 is 15.5 Å². The fourth-order valence-electron chi connectivity index (χ4n) is 2.98. The Kier molecular flexibility index (Phi) is 2.62. The van der Waals surface area contributed by atoms with Gasteiger partial charge in [0.1, 0.15) is 5.56 Å². The summed E-state index contributed by atoms with van der Waals surface area (Å²) in [5.74, 6) is -2.67. The van der Waals surface area contributed by atoms with E-state index in [-0.39, 0.29) is 5.56 Å². The SMILES string of the molecule is O=C(O)c1nc2c3c(cccc3c1C(=O)O)Nc1ccccc1-2. The largest absolute Gasteiger partial charge is 0.478 e. The maximum Gasteiger partial charge on any atom is 0.355 e. The molecule has 1 aliphatic heterocycles. The van der Waals surface area contributed by atoms with E-state index in [1.54, 1.807) is 12.1 Å². The van der Waals surface area contributed by atoms with Crippen LogP contribution in [0.1, 0.15) is 20.8 Å². The van der Waals surface area contributed by atoms with Crippen LogP contribution in [0.15, 0.2) is 42.5 Å². The van der Waals surface area contributed by atoms with Crippen LogP contribution in [-0.4, -0.2) is 27.1 Å². The predicted octanol–water partition coefficient (Wildman–Crippen LogP) is 3.36. The molecule has 1 aliphatic rings. The predicted molar refractivity (Wildman–Crippen MR) is 84.4 cm³/mol. The molecule has 4 rings (SSSR count). The van der Waals surface area contributed by atoms with Crippen molar-refractivity contribution < 1.29 is 19.8 Å². The van der Waals surface area contributed by atoms with Crippen LogP contribution in [0.4, 0.5) is 11.4 Å². The van der Waals surface area contributed by atoms with Gasteiger partial charge in [0.15, 0.2) is 5.69 Å². The zero-order valence-electron chi connectivity index (χ0n) is 11.7. The molecule has 0 bridgehead atoms. The molecule has 0 unspecified atom stereocenters. The first kappa shape index (κ1) is 13.3. The second-order valence-corrected chi connectivity index (χ2v) is 5.19. The van der Waals surface area contributed by atoms with Crippen LogP contribution in [0.2, 0.25) is 0 Å². The minimum absolute atomic E-state index is 0.292. The number of aromatic carboxylic acids is 2. The summed E-state index contributed by atoms with van der Waals surface area (Å²) in [6, 6.07) is 12.5. The molecule has 0 saturated carbocycles. The standard InChI is InChI=1S/C17H10N2O4/c20-16(21)13-9-5-3-7-11-12(9)14(19-15(13)17(22)23)8-4-1-2-6-10(8)18-11/h1-7,18H,(H,20,21)(H,22,23). The van der Waals surface area contributed by atoms with Crippen LogP contribution >= 0.6 is 0 Å². The molecule has 2 heterocycles. The number of anilines is 2. The highest BCUT2D eigenvalue weighted by Crippen LogP contribution is 2.43. The Balaban J connectivity index is 2.23. The van der Waals surface area contributed by atoms with E-state index in [1.807, 2.05) is 30.3 Å². The van der Waals surface area contributed by atoms with Crippen LogP contribution < -0.4 is 5.32 Å². The number of rotatable bonds is 2. The van der Waals surface area contributed by atoms with E-state index in [1.165, 1.54) is 0 Å². The first-order valence-corrected chi connectivity index (χ1v) is 6.87. The summed E-state index contributed by atoms with van der Waals surface area (Å²) >= 11 is 0. The number of hydrogen-bond donors (Lipinski definition) is 3. The van der Waals surface area contributed by atoms with Crippen LogP contribution in [0.25, 0.3) is 22.0 Å². The van der Waals surface area contributed by atoms with Crippen molar-refractivity contribution in [2.24, 2.45) is 0 Å². The number of carbonyl (C=O) groups is 2. The average Bonchev–Trinajstić information content (AvgIpc) is 2.54. The lowest BCUT2D eigenvalue weighted by molar-refractivity contribution is 0.0648. The number of carboxylic acid groups (broad SMARTS) is 2. The molecule has 0 spiro atoms. The van der Waals surface area contributed by atoms with Crippen molar-refractivity contribution in [3.05, 3.63) is 53.7 Å². The number of carboxylic acids is 2. The second-order valence-electron chi connectivity index (χ2n) is 5.19. The summed E-state index contributed by atoms with van der Waals surface area (Å²) in [6.45, 7) is 0. The molecule has 0 aliphatic carbocycles. The highest BCUT2D eigenvalue weighted by molar-refractivity contribution is 6.18. The number of hydrogen-bond acceptors (Lipinski definition) is 4. The Morgan fingerprint density at radius 1 is 0.913 bits per heavy atom. The molecular formula is C17H10N2O4. The lowest BCUT2D eigenvalue weighted by Gasteiger charge is -2.22. The molecule has 23 heavy (non-hydrogen) atoms. The van der Waals surface area contributed by atoms with E-state index in [9.17, 15) is 19.8 Å². The molecule has 1 aromatic heterocycles. The number of nitrogens with one attached hydrogen (secondary N) is 1. The Bertz CT molecular complexity index is 1010. The normalized spacial score (nSPS) is 11.7. The Morgan fingerprint density at radius 2 is 1.65 bits per heavy atom. The van der Waals surface area contributed by atoms with Crippen molar-refractivity contribution in [1.82, 2.24) is 4.98 Å². The monoisotopic (exact) mass is 306 g/mol. The molecule has 6 heteroatoms. The van der Waals surface area contributed by atoms with E-state index in [0.717, 1.165) is 11.3 Å². The third-order valence-corrected chi connectivity index (χ3v) is 3.90. The quantitative estimate of drug-likeness (QED) is 0.525. The highest BCUT2D eigenvalue weighted by atomic mass is 16.4. The second kappa shape index (κ2) is 4.54. The average molecular weight is 306 g/mol. The van der Waals surface area contributed by atoms with Crippen molar-refractivity contribution in [1.29, 1.82) is 0 Å². The summed E-state index contributed by atoms with van der Waals surface area (Å²) in [4.78, 5) is 27.3. The third-order valence-electron chi connectivity index (χ3n) is 3.90. The van der Waals surface area contributed by atoms with Gasteiger partial charge in [0.25, 0.3) is 0 Å². The molecule has 112 valence electrons. The van der Waals surface area contributed by atoms with Crippen molar-refractivity contribution in [3.63, 3.8) is 0 Å². The van der Waals surface area contributed by atoms with Crippen molar-refractivity contribution >= 4 is 34.1 Å². The summed E-state index contributed by atoms with van der Waals surface area (Å²) in [5.41, 5.74) is 2.00. The van der Waals surface area contributed by atoms with Crippen molar-refractivity contribution in [3.8, 4) is 11.3 Å². The van der Waals surface area contributed by atoms with Crippen molar-refractivity contribution in [2.75, 3.05) is 5.32 Å². The maximum atomic E-state index is 11.6. The zero-order valence-corrected chi connectivity index (χ0v) is 11.7. The molecule has 6 nitrogen and oxygen atoms in total. The smallest absolute Gasteiger partial charge is 0.355 e. The molecular weight excluding hydrogens is 296 g/mol. The van der Waals surface area contributed by atoms with Gasteiger partial charge in [-0.2, -0.15) is 0 Å². The summed E-state index contributed by atoms with van der Waals surface area (Å²) in [6.07, 6.45) is 0. The number of pyridine rings is 1. The molecule has 0 fully saturated rings. The van der Waals surface area contributed by atoms with Crippen LogP contribution in [0.3, 0.4) is 0 Å². The third kappa shape index (κ3) is 1.78. The van der Waals surface area contributed by atoms with E-state index >= 15 is 0 Å². The molecule has 0 radical (unpaired) electrons. The van der Waals surface area contributed by atoms with Gasteiger partial charge in [0.2, 0.25) is 0 Å². The minimum Gasteiger partial charge on any atom is -0.478 e. The van der Waals surface area contributed by atoms with Crippen molar-refractivity contribution in [2.45, 2.75) is 0 Å². The number of para-hydroxylation sites is 1. The van der Waals surface area contributed by atoms with Gasteiger partial charge in [-0.3, -0.25) is 0 Å².